The van der Waals surface area contributed by atoms with Crippen LogP contribution < -0.4 is 0 Å². The van der Waals surface area contributed by atoms with E-state index in [2.05, 4.69) is 24.3 Å². The van der Waals surface area contributed by atoms with Gasteiger partial charge in [-0.15, -0.1) is 0 Å². The number of carbonyl (C=O) groups excluding carboxylic acids is 2. The quantitative estimate of drug-likeness (QED) is 0.361. The molecule has 2 fully saturated rings. The Morgan fingerprint density at radius 1 is 0.976 bits per heavy atom. The van der Waals surface area contributed by atoms with Gasteiger partial charge in [-0.1, -0.05) is 61.4 Å². The van der Waals surface area contributed by atoms with Crippen molar-refractivity contribution in [1.29, 1.82) is 0 Å². The van der Waals surface area contributed by atoms with Crippen LogP contribution in [0.25, 0.3) is 11.1 Å². The number of aliphatic carboxylic acids is 1. The van der Waals surface area contributed by atoms with E-state index in [0.717, 1.165) is 47.9 Å². The maximum Gasteiger partial charge on any atom is 0.410 e. The molecule has 0 aromatic heterocycles. The molecule has 1 atom stereocenters. The fourth-order valence-corrected chi connectivity index (χ4v) is 7.07. The predicted octanol–water partition coefficient (Wildman–Crippen LogP) is 7.06. The Kier molecular flexibility index (Phi) is 8.81. The summed E-state index contributed by atoms with van der Waals surface area (Å²) in [5.74, 6) is -0.976. The van der Waals surface area contributed by atoms with Gasteiger partial charge in [-0.25, -0.2) is 9.59 Å². The molecule has 2 aliphatic carbocycles. The van der Waals surface area contributed by atoms with Crippen LogP contribution in [0, 0.1) is 5.41 Å². The Bertz CT molecular complexity index is 1250. The summed E-state index contributed by atoms with van der Waals surface area (Å²) in [6, 6.07) is 16.2. The topological polar surface area (TPSA) is 96.4 Å². The van der Waals surface area contributed by atoms with E-state index < -0.39 is 17.7 Å². The minimum absolute atomic E-state index is 0.0449. The van der Waals surface area contributed by atoms with Gasteiger partial charge in [0.15, 0.2) is 0 Å². The molecule has 1 N–H and O–H groups in total. The first-order chi connectivity index (χ1) is 20.1. The number of benzene rings is 2. The van der Waals surface area contributed by atoms with E-state index in [1.165, 1.54) is 12.8 Å². The number of ether oxygens (including phenoxy) is 2. The highest BCUT2D eigenvalue weighted by molar-refractivity contribution is 5.79. The number of rotatable bonds is 8. The molecule has 1 saturated heterocycles. The normalized spacial score (nSPS) is 19.3. The van der Waals surface area contributed by atoms with Crippen LogP contribution in [0.5, 0.6) is 0 Å². The first-order valence-corrected chi connectivity index (χ1v) is 15.4. The second kappa shape index (κ2) is 12.4. The lowest BCUT2D eigenvalue weighted by atomic mass is 9.76. The Morgan fingerprint density at radius 2 is 1.60 bits per heavy atom. The molecule has 2 amide bonds. The summed E-state index contributed by atoms with van der Waals surface area (Å²) in [5.41, 5.74) is 4.07. The zero-order chi connectivity index (χ0) is 29.9. The highest BCUT2D eigenvalue weighted by Crippen LogP contribution is 2.47. The fraction of sp³-hybridized carbons (Fsp3) is 0.559. The van der Waals surface area contributed by atoms with Gasteiger partial charge in [-0.2, -0.15) is 0 Å². The molecule has 1 spiro atoms. The molecule has 1 heterocycles. The Morgan fingerprint density at radius 3 is 2.19 bits per heavy atom. The van der Waals surface area contributed by atoms with E-state index >= 15 is 0 Å². The van der Waals surface area contributed by atoms with E-state index in [1.54, 1.807) is 4.90 Å². The molecule has 2 aromatic carbocycles. The van der Waals surface area contributed by atoms with Crippen molar-refractivity contribution in [3.63, 3.8) is 0 Å². The van der Waals surface area contributed by atoms with Crippen LogP contribution in [0.4, 0.5) is 9.59 Å². The maximum atomic E-state index is 13.6. The van der Waals surface area contributed by atoms with Crippen LogP contribution in [0.3, 0.4) is 0 Å². The third-order valence-electron chi connectivity index (χ3n) is 9.09. The SMILES string of the molecule is CC(C)(C)OC(=O)N1CC2(CCCC2)CCC1CN(CCCC(=O)O)C(=O)OCC1c2ccccc2-c2ccccc21. The highest BCUT2D eigenvalue weighted by atomic mass is 16.6. The van der Waals surface area contributed by atoms with E-state index in [9.17, 15) is 19.5 Å². The third-order valence-corrected chi connectivity index (χ3v) is 9.09. The van der Waals surface area contributed by atoms with Crippen LogP contribution in [0.2, 0.25) is 0 Å². The predicted molar refractivity (Wildman–Crippen MR) is 160 cm³/mol. The van der Waals surface area contributed by atoms with Crippen molar-refractivity contribution in [2.75, 3.05) is 26.2 Å². The lowest BCUT2D eigenvalue weighted by Gasteiger charge is -2.46. The molecular weight excluding hydrogens is 532 g/mol. The van der Waals surface area contributed by atoms with Gasteiger partial charge in [0.1, 0.15) is 12.2 Å². The lowest BCUT2D eigenvalue weighted by Crippen LogP contribution is -2.56. The molecular formula is C34H44N2O6. The van der Waals surface area contributed by atoms with Crippen LogP contribution in [0.15, 0.2) is 48.5 Å². The minimum Gasteiger partial charge on any atom is -0.481 e. The monoisotopic (exact) mass is 576 g/mol. The van der Waals surface area contributed by atoms with Crippen molar-refractivity contribution in [1.82, 2.24) is 9.80 Å². The van der Waals surface area contributed by atoms with Gasteiger partial charge in [0.25, 0.3) is 0 Å². The molecule has 8 nitrogen and oxygen atoms in total. The lowest BCUT2D eigenvalue weighted by molar-refractivity contribution is -0.137. The minimum atomic E-state index is -0.904. The summed E-state index contributed by atoms with van der Waals surface area (Å²) in [6.45, 7) is 6.93. The zero-order valence-electron chi connectivity index (χ0n) is 25.1. The summed E-state index contributed by atoms with van der Waals surface area (Å²) in [6.07, 6.45) is 5.77. The molecule has 8 heteroatoms. The van der Waals surface area contributed by atoms with Crippen molar-refractivity contribution in [2.45, 2.75) is 89.7 Å². The number of carbonyl (C=O) groups is 3. The number of piperidine rings is 1. The van der Waals surface area contributed by atoms with Gasteiger partial charge in [0.05, 0.1) is 6.04 Å². The van der Waals surface area contributed by atoms with Crippen LogP contribution in [-0.4, -0.2) is 70.9 Å². The molecule has 0 radical (unpaired) electrons. The van der Waals surface area contributed by atoms with Gasteiger partial charge in [-0.05, 0) is 80.5 Å². The summed E-state index contributed by atoms with van der Waals surface area (Å²) in [5, 5.41) is 9.26. The van der Waals surface area contributed by atoms with Crippen LogP contribution in [-0.2, 0) is 14.3 Å². The summed E-state index contributed by atoms with van der Waals surface area (Å²) >= 11 is 0. The maximum absolute atomic E-state index is 13.6. The van der Waals surface area contributed by atoms with E-state index in [0.29, 0.717) is 13.0 Å². The van der Waals surface area contributed by atoms with Crippen molar-refractivity contribution < 1.29 is 29.0 Å². The molecule has 3 aliphatic rings. The Labute approximate surface area is 249 Å². The van der Waals surface area contributed by atoms with E-state index in [-0.39, 0.29) is 49.6 Å². The smallest absolute Gasteiger partial charge is 0.410 e. The number of hydrogen-bond donors (Lipinski definition) is 1. The first-order valence-electron chi connectivity index (χ1n) is 15.4. The molecule has 2 aromatic rings. The number of nitrogens with zero attached hydrogens (tertiary/aromatic N) is 2. The average Bonchev–Trinajstić information content (AvgIpc) is 3.53. The van der Waals surface area contributed by atoms with Gasteiger partial charge in [0.2, 0.25) is 0 Å². The van der Waals surface area contributed by atoms with Gasteiger partial charge in [0, 0.05) is 32.0 Å². The number of carboxylic acids is 1. The molecule has 0 bridgehead atoms. The van der Waals surface area contributed by atoms with Crippen molar-refractivity contribution >= 4 is 18.2 Å². The summed E-state index contributed by atoms with van der Waals surface area (Å²) in [4.78, 5) is 41.8. The van der Waals surface area contributed by atoms with Crippen LogP contribution in [0.1, 0.15) is 89.2 Å². The molecule has 226 valence electrons. The first kappa shape index (κ1) is 29.9. The number of fused-ring (bicyclic) bond motifs is 3. The largest absolute Gasteiger partial charge is 0.481 e. The molecule has 1 unspecified atom stereocenters. The average molecular weight is 577 g/mol. The molecule has 5 rings (SSSR count). The van der Waals surface area contributed by atoms with Gasteiger partial charge < -0.3 is 24.4 Å². The van der Waals surface area contributed by atoms with Gasteiger partial charge in [-0.3, -0.25) is 4.79 Å². The molecule has 42 heavy (non-hydrogen) atoms. The summed E-state index contributed by atoms with van der Waals surface area (Å²) in [7, 11) is 0. The third kappa shape index (κ3) is 6.74. The fourth-order valence-electron chi connectivity index (χ4n) is 7.07. The second-order valence-corrected chi connectivity index (χ2v) is 13.3. The van der Waals surface area contributed by atoms with Crippen molar-refractivity contribution in [3.05, 3.63) is 59.7 Å². The number of hydrogen-bond acceptors (Lipinski definition) is 5. The summed E-state index contributed by atoms with van der Waals surface area (Å²) < 4.78 is 11.8. The zero-order valence-corrected chi connectivity index (χ0v) is 25.1. The Balaban J connectivity index is 1.32. The van der Waals surface area contributed by atoms with Gasteiger partial charge >= 0.3 is 18.2 Å². The number of carboxylic acid groups (broad SMARTS) is 1. The van der Waals surface area contributed by atoms with Crippen LogP contribution >= 0.6 is 0 Å². The molecule has 1 saturated carbocycles. The Hall–Kier alpha value is -3.55. The second-order valence-electron chi connectivity index (χ2n) is 13.3. The number of likely N-dealkylation sites (tertiary alicyclic amines) is 1. The number of amides is 2. The van der Waals surface area contributed by atoms with E-state index in [4.69, 9.17) is 9.47 Å². The van der Waals surface area contributed by atoms with Crippen molar-refractivity contribution in [2.24, 2.45) is 5.41 Å². The molecule has 1 aliphatic heterocycles. The van der Waals surface area contributed by atoms with Crippen molar-refractivity contribution in [3.8, 4) is 11.1 Å². The highest BCUT2D eigenvalue weighted by Gasteiger charge is 2.45. The standard InChI is InChI=1S/C34H44N2O6/c1-33(2,3)42-32(40)36-23-34(17-8-9-18-34)19-16-24(36)21-35(20-10-15-30(37)38)31(39)41-22-29-27-13-6-4-11-25(27)26-12-5-7-14-28(26)29/h4-7,11-14,24,29H,8-10,15-23H2,1-3H3,(H,37,38). The van der Waals surface area contributed by atoms with E-state index in [1.807, 2.05) is 49.9 Å².